The average Bonchev–Trinajstić information content (AvgIpc) is 2.03. The van der Waals surface area contributed by atoms with E-state index in [1.807, 2.05) is 31.2 Å². The molecule has 0 saturated heterocycles. The van der Waals surface area contributed by atoms with Gasteiger partial charge in [-0.15, -0.1) is 0 Å². The van der Waals surface area contributed by atoms with E-state index in [4.69, 9.17) is 4.74 Å². The van der Waals surface area contributed by atoms with Crippen molar-refractivity contribution in [1.82, 2.24) is 0 Å². The van der Waals surface area contributed by atoms with Gasteiger partial charge in [0.1, 0.15) is 5.75 Å². The Morgan fingerprint density at radius 2 is 2.15 bits per heavy atom. The van der Waals surface area contributed by atoms with Crippen molar-refractivity contribution in [2.45, 2.75) is 6.92 Å². The highest BCUT2D eigenvalue weighted by molar-refractivity contribution is 9.11. The first-order chi connectivity index (χ1) is 6.13. The molecule has 0 heterocycles. The molecule has 0 fully saturated rings. The molecule has 0 aromatic heterocycles. The fourth-order valence-electron chi connectivity index (χ4n) is 1.00. The van der Waals surface area contributed by atoms with Gasteiger partial charge >= 0.3 is 0 Å². The largest absolute Gasteiger partial charge is 0.496 e. The summed E-state index contributed by atoms with van der Waals surface area (Å²) in [5.74, 6) is 0.851. The van der Waals surface area contributed by atoms with Crippen LogP contribution in [0.1, 0.15) is 12.5 Å². The van der Waals surface area contributed by atoms with Crippen molar-refractivity contribution in [3.63, 3.8) is 0 Å². The lowest BCUT2D eigenvalue weighted by atomic mass is 10.2. The lowest BCUT2D eigenvalue weighted by Gasteiger charge is -2.03. The number of halogens is 2. The Labute approximate surface area is 95.1 Å². The average molecular weight is 306 g/mol. The third kappa shape index (κ3) is 3.16. The Kier molecular flexibility index (Phi) is 4.00. The predicted molar refractivity (Wildman–Crippen MR) is 63.3 cm³/mol. The molecule has 0 aliphatic heterocycles. The van der Waals surface area contributed by atoms with Gasteiger partial charge in [-0.2, -0.15) is 0 Å². The molecule has 0 N–H and O–H groups in total. The molecule has 70 valence electrons. The van der Waals surface area contributed by atoms with Crippen molar-refractivity contribution in [2.24, 2.45) is 0 Å². The zero-order valence-corrected chi connectivity index (χ0v) is 10.6. The minimum Gasteiger partial charge on any atom is -0.496 e. The number of ether oxygens (including phenoxy) is 1. The van der Waals surface area contributed by atoms with Crippen molar-refractivity contribution < 1.29 is 4.74 Å². The molecule has 0 radical (unpaired) electrons. The van der Waals surface area contributed by atoms with Gasteiger partial charge in [0.25, 0.3) is 0 Å². The van der Waals surface area contributed by atoms with Gasteiger partial charge in [-0.3, -0.25) is 0 Å². The van der Waals surface area contributed by atoms with Gasteiger partial charge in [-0.25, -0.2) is 0 Å². The van der Waals surface area contributed by atoms with Crippen LogP contribution >= 0.6 is 31.9 Å². The summed E-state index contributed by atoms with van der Waals surface area (Å²) in [4.78, 5) is 0. The minimum absolute atomic E-state index is 0.851. The molecule has 0 amide bonds. The van der Waals surface area contributed by atoms with Crippen LogP contribution in [0.5, 0.6) is 5.75 Å². The summed E-state index contributed by atoms with van der Waals surface area (Å²) in [5.41, 5.74) is 1.14. The third-order valence-electron chi connectivity index (χ3n) is 1.54. The quantitative estimate of drug-likeness (QED) is 0.795. The van der Waals surface area contributed by atoms with Crippen LogP contribution in [0.2, 0.25) is 0 Å². The SMILES string of the molecule is COc1ccc(/C=C(/C)Br)cc1Br. The first-order valence-corrected chi connectivity index (χ1v) is 5.39. The van der Waals surface area contributed by atoms with E-state index < -0.39 is 0 Å². The maximum absolute atomic E-state index is 5.13. The summed E-state index contributed by atoms with van der Waals surface area (Å²) in [6, 6.07) is 5.96. The van der Waals surface area contributed by atoms with Gasteiger partial charge < -0.3 is 4.74 Å². The maximum Gasteiger partial charge on any atom is 0.133 e. The Bertz CT molecular complexity index is 328. The van der Waals surface area contributed by atoms with Crippen LogP contribution in [-0.2, 0) is 0 Å². The highest BCUT2D eigenvalue weighted by Crippen LogP contribution is 2.26. The number of benzene rings is 1. The zero-order chi connectivity index (χ0) is 9.84. The second-order valence-corrected chi connectivity index (χ2v) is 4.73. The van der Waals surface area contributed by atoms with E-state index in [-0.39, 0.29) is 0 Å². The molecule has 0 bridgehead atoms. The van der Waals surface area contributed by atoms with E-state index in [0.29, 0.717) is 0 Å². The van der Waals surface area contributed by atoms with Crippen molar-refractivity contribution >= 4 is 37.9 Å². The highest BCUT2D eigenvalue weighted by Gasteiger charge is 1.98. The van der Waals surface area contributed by atoms with Gasteiger partial charge in [-0.1, -0.05) is 22.0 Å². The first-order valence-electron chi connectivity index (χ1n) is 3.81. The maximum atomic E-state index is 5.13. The Morgan fingerprint density at radius 3 is 2.62 bits per heavy atom. The summed E-state index contributed by atoms with van der Waals surface area (Å²) in [5, 5.41) is 0. The normalized spacial score (nSPS) is 11.5. The molecule has 0 atom stereocenters. The molecular formula is C10H10Br2O. The van der Waals surface area contributed by atoms with Crippen LogP contribution < -0.4 is 4.74 Å². The molecule has 13 heavy (non-hydrogen) atoms. The van der Waals surface area contributed by atoms with Gasteiger partial charge in [0, 0.05) is 0 Å². The van der Waals surface area contributed by atoms with E-state index in [9.17, 15) is 0 Å². The molecule has 1 nitrogen and oxygen atoms in total. The van der Waals surface area contributed by atoms with E-state index in [2.05, 4.69) is 31.9 Å². The van der Waals surface area contributed by atoms with Crippen molar-refractivity contribution in [3.05, 3.63) is 32.7 Å². The van der Waals surface area contributed by atoms with E-state index in [1.165, 1.54) is 0 Å². The highest BCUT2D eigenvalue weighted by atomic mass is 79.9. The second kappa shape index (κ2) is 4.82. The summed E-state index contributed by atoms with van der Waals surface area (Å²) < 4.78 is 7.20. The van der Waals surface area contributed by atoms with Crippen LogP contribution in [0.3, 0.4) is 0 Å². The van der Waals surface area contributed by atoms with E-state index in [1.54, 1.807) is 7.11 Å². The molecule has 1 aromatic rings. The van der Waals surface area contributed by atoms with E-state index >= 15 is 0 Å². The molecule has 1 rings (SSSR count). The predicted octanol–water partition coefficient (Wildman–Crippen LogP) is 4.21. The van der Waals surface area contributed by atoms with Crippen LogP contribution in [0.15, 0.2) is 27.2 Å². The third-order valence-corrected chi connectivity index (χ3v) is 2.39. The standard InChI is InChI=1S/C10H10Br2O/c1-7(11)5-8-3-4-10(13-2)9(12)6-8/h3-6H,1-2H3/b7-5-. The molecule has 1 aromatic carbocycles. The van der Waals surface area contributed by atoms with Crippen LogP contribution in [0, 0.1) is 0 Å². The summed E-state index contributed by atoms with van der Waals surface area (Å²) in [7, 11) is 1.66. The second-order valence-electron chi connectivity index (χ2n) is 2.63. The number of methoxy groups -OCH3 is 1. The Morgan fingerprint density at radius 1 is 1.46 bits per heavy atom. The van der Waals surface area contributed by atoms with Gasteiger partial charge in [-0.05, 0) is 51.1 Å². The van der Waals surface area contributed by atoms with Crippen molar-refractivity contribution in [3.8, 4) is 5.75 Å². The van der Waals surface area contributed by atoms with E-state index in [0.717, 1.165) is 20.3 Å². The van der Waals surface area contributed by atoms with Crippen molar-refractivity contribution in [2.75, 3.05) is 7.11 Å². The van der Waals surface area contributed by atoms with Crippen LogP contribution in [0.25, 0.3) is 6.08 Å². The first kappa shape index (κ1) is 10.8. The van der Waals surface area contributed by atoms with Crippen LogP contribution in [0.4, 0.5) is 0 Å². The number of rotatable bonds is 2. The minimum atomic E-state index is 0.851. The van der Waals surface area contributed by atoms with Gasteiger partial charge in [0.15, 0.2) is 0 Å². The topological polar surface area (TPSA) is 9.23 Å². The molecule has 0 aliphatic carbocycles. The zero-order valence-electron chi connectivity index (χ0n) is 7.47. The van der Waals surface area contributed by atoms with Gasteiger partial charge in [0.2, 0.25) is 0 Å². The van der Waals surface area contributed by atoms with Crippen molar-refractivity contribution in [1.29, 1.82) is 0 Å². The Balaban J connectivity index is 3.03. The number of allylic oxidation sites excluding steroid dienone is 1. The smallest absolute Gasteiger partial charge is 0.133 e. The summed E-state index contributed by atoms with van der Waals surface area (Å²) in [6.07, 6.45) is 2.05. The summed E-state index contributed by atoms with van der Waals surface area (Å²) in [6.45, 7) is 2.00. The molecule has 0 saturated carbocycles. The molecule has 3 heteroatoms. The lowest BCUT2D eigenvalue weighted by molar-refractivity contribution is 0.412. The monoisotopic (exact) mass is 304 g/mol. The molecule has 0 unspecified atom stereocenters. The Hall–Kier alpha value is -0.280. The fraction of sp³-hybridized carbons (Fsp3) is 0.200. The van der Waals surface area contributed by atoms with Gasteiger partial charge in [0.05, 0.1) is 11.6 Å². The fourth-order valence-corrected chi connectivity index (χ4v) is 1.82. The molecule has 0 spiro atoms. The molecular weight excluding hydrogens is 296 g/mol. The lowest BCUT2D eigenvalue weighted by Crippen LogP contribution is -1.84. The number of hydrogen-bond donors (Lipinski definition) is 0. The summed E-state index contributed by atoms with van der Waals surface area (Å²) >= 11 is 6.81. The number of hydrogen-bond acceptors (Lipinski definition) is 1. The van der Waals surface area contributed by atoms with Crippen LogP contribution in [-0.4, -0.2) is 7.11 Å². The molecule has 0 aliphatic rings.